The maximum absolute atomic E-state index is 10.7. The molecule has 2 heterocycles. The zero-order chi connectivity index (χ0) is 14.7. The van der Waals surface area contributed by atoms with Crippen LogP contribution in [0.4, 0.5) is 0 Å². The quantitative estimate of drug-likeness (QED) is 0.874. The molecule has 0 fully saturated rings. The van der Waals surface area contributed by atoms with Crippen molar-refractivity contribution in [3.63, 3.8) is 0 Å². The third kappa shape index (κ3) is 2.84. The minimum atomic E-state index is -0.922. The Labute approximate surface area is 122 Å². The van der Waals surface area contributed by atoms with Crippen molar-refractivity contribution in [2.24, 2.45) is 0 Å². The number of carbonyl (C=O) groups is 1. The molecule has 0 saturated heterocycles. The molecule has 2 aliphatic heterocycles. The van der Waals surface area contributed by atoms with Crippen LogP contribution in [0.25, 0.3) is 0 Å². The summed E-state index contributed by atoms with van der Waals surface area (Å²) in [4.78, 5) is 10.7. The highest BCUT2D eigenvalue weighted by atomic mass is 16.5. The lowest BCUT2D eigenvalue weighted by atomic mass is 10.1. The lowest BCUT2D eigenvalue weighted by Gasteiger charge is -2.01. The van der Waals surface area contributed by atoms with Crippen molar-refractivity contribution in [3.8, 4) is 11.5 Å². The van der Waals surface area contributed by atoms with Crippen molar-refractivity contribution in [2.45, 2.75) is 12.8 Å². The van der Waals surface area contributed by atoms with Crippen molar-refractivity contribution in [1.82, 2.24) is 0 Å². The molecule has 0 aliphatic carbocycles. The molecular weight excluding hydrogens is 268 g/mol. The number of ether oxygens (including phenoxy) is 2. The maximum atomic E-state index is 10.7. The molecule has 4 rings (SSSR count). The summed E-state index contributed by atoms with van der Waals surface area (Å²) in [5.74, 6) is 0.691. The zero-order valence-corrected chi connectivity index (χ0v) is 11.5. The van der Waals surface area contributed by atoms with Gasteiger partial charge in [0.15, 0.2) is 0 Å². The van der Waals surface area contributed by atoms with Gasteiger partial charge in [-0.15, -0.1) is 0 Å². The third-order valence-electron chi connectivity index (χ3n) is 3.55. The lowest BCUT2D eigenvalue weighted by molar-refractivity contribution is 0.0693. The molecule has 0 unspecified atom stereocenters. The summed E-state index contributed by atoms with van der Waals surface area (Å²) < 4.78 is 10.5. The van der Waals surface area contributed by atoms with E-state index in [1.165, 1.54) is 5.56 Å². The zero-order valence-electron chi connectivity index (χ0n) is 11.5. The summed E-state index contributed by atoms with van der Waals surface area (Å²) in [5, 5.41) is 8.77. The smallest absolute Gasteiger partial charge is 0.339 e. The van der Waals surface area contributed by atoms with E-state index in [0.29, 0.717) is 12.4 Å². The molecule has 4 heteroatoms. The summed E-state index contributed by atoms with van der Waals surface area (Å²) in [6.07, 6.45) is 1.90. The first-order valence-electron chi connectivity index (χ1n) is 6.94. The van der Waals surface area contributed by atoms with Gasteiger partial charge >= 0.3 is 5.97 Å². The maximum Gasteiger partial charge on any atom is 0.339 e. The normalized spacial score (nSPS) is 14.1. The van der Waals surface area contributed by atoms with Crippen LogP contribution in [0, 0.1) is 0 Å². The highest BCUT2D eigenvalue weighted by molar-refractivity contribution is 5.91. The van der Waals surface area contributed by atoms with Gasteiger partial charge in [0, 0.05) is 12.8 Å². The minimum absolute atomic E-state index is 0.269. The van der Waals surface area contributed by atoms with Crippen molar-refractivity contribution < 1.29 is 19.4 Å². The molecule has 108 valence electrons. The molecule has 0 atom stereocenters. The van der Waals surface area contributed by atoms with Gasteiger partial charge in [-0.1, -0.05) is 30.3 Å². The molecule has 2 aromatic carbocycles. The molecule has 21 heavy (non-hydrogen) atoms. The van der Waals surface area contributed by atoms with Gasteiger partial charge < -0.3 is 14.6 Å². The van der Waals surface area contributed by atoms with Crippen LogP contribution in [0.3, 0.4) is 0 Å². The standard InChI is InChI=1S/C9H8O3.C8H8O/c10-9(11)7-3-1-2-6-4-5-12-8(6)7;1-2-4-8-7(3-1)5-6-9-8/h1-3H,4-5H2,(H,10,11);1-4H,5-6H2. The van der Waals surface area contributed by atoms with E-state index in [9.17, 15) is 4.79 Å². The second-order valence-electron chi connectivity index (χ2n) is 4.90. The summed E-state index contributed by atoms with van der Waals surface area (Å²) in [6, 6.07) is 13.4. The fourth-order valence-corrected chi connectivity index (χ4v) is 2.51. The third-order valence-corrected chi connectivity index (χ3v) is 3.55. The van der Waals surface area contributed by atoms with Crippen LogP contribution >= 0.6 is 0 Å². The van der Waals surface area contributed by atoms with Gasteiger partial charge in [-0.25, -0.2) is 4.79 Å². The predicted molar refractivity (Wildman–Crippen MR) is 78.2 cm³/mol. The van der Waals surface area contributed by atoms with Crippen LogP contribution in [0.5, 0.6) is 11.5 Å². The highest BCUT2D eigenvalue weighted by Crippen LogP contribution is 2.29. The van der Waals surface area contributed by atoms with Crippen LogP contribution < -0.4 is 9.47 Å². The number of para-hydroxylation sites is 2. The first kappa shape index (κ1) is 13.5. The number of hydrogen-bond acceptors (Lipinski definition) is 3. The fraction of sp³-hybridized carbons (Fsp3) is 0.235. The average Bonchev–Trinajstić information content (AvgIpc) is 3.16. The van der Waals surface area contributed by atoms with E-state index < -0.39 is 5.97 Å². The predicted octanol–water partition coefficient (Wildman–Crippen LogP) is 2.94. The first-order valence-corrected chi connectivity index (χ1v) is 6.94. The Morgan fingerprint density at radius 3 is 2.43 bits per heavy atom. The number of benzene rings is 2. The second kappa shape index (κ2) is 5.87. The Hall–Kier alpha value is -2.49. The molecule has 0 radical (unpaired) electrons. The summed E-state index contributed by atoms with van der Waals surface area (Å²) >= 11 is 0. The number of carboxylic acid groups (broad SMARTS) is 1. The van der Waals surface area contributed by atoms with E-state index in [1.807, 2.05) is 24.3 Å². The van der Waals surface area contributed by atoms with Crippen LogP contribution in [0.2, 0.25) is 0 Å². The molecule has 1 N–H and O–H groups in total. The van der Waals surface area contributed by atoms with Gasteiger partial charge in [0.05, 0.1) is 13.2 Å². The molecule has 4 nitrogen and oxygen atoms in total. The highest BCUT2D eigenvalue weighted by Gasteiger charge is 2.19. The summed E-state index contributed by atoms with van der Waals surface area (Å²) in [7, 11) is 0. The Morgan fingerprint density at radius 1 is 0.905 bits per heavy atom. The molecule has 0 spiro atoms. The van der Waals surface area contributed by atoms with Gasteiger partial charge in [-0.3, -0.25) is 0 Å². The Balaban J connectivity index is 0.000000131. The van der Waals surface area contributed by atoms with Crippen molar-refractivity contribution in [3.05, 3.63) is 59.2 Å². The molecule has 0 saturated carbocycles. The van der Waals surface area contributed by atoms with Gasteiger partial charge in [-0.05, 0) is 23.3 Å². The molecule has 0 aromatic heterocycles. The van der Waals surface area contributed by atoms with Gasteiger partial charge in [0.25, 0.3) is 0 Å². The largest absolute Gasteiger partial charge is 0.493 e. The van der Waals surface area contributed by atoms with Gasteiger partial charge in [0.2, 0.25) is 0 Å². The SMILES string of the molecule is O=C(O)c1cccc2c1OCC2.c1ccc2c(c1)CCO2. The van der Waals surface area contributed by atoms with Crippen molar-refractivity contribution in [1.29, 1.82) is 0 Å². The summed E-state index contributed by atoms with van der Waals surface area (Å²) in [5.41, 5.74) is 2.61. The molecule has 2 aliphatic rings. The molecule has 0 amide bonds. The average molecular weight is 284 g/mol. The summed E-state index contributed by atoms with van der Waals surface area (Å²) in [6.45, 7) is 1.46. The second-order valence-corrected chi connectivity index (χ2v) is 4.90. The number of rotatable bonds is 1. The van der Waals surface area contributed by atoms with Crippen LogP contribution in [0.15, 0.2) is 42.5 Å². The number of hydrogen-bond donors (Lipinski definition) is 1. The lowest BCUT2D eigenvalue weighted by Crippen LogP contribution is -1.99. The van der Waals surface area contributed by atoms with Crippen LogP contribution in [-0.4, -0.2) is 24.3 Å². The number of fused-ring (bicyclic) bond motifs is 2. The number of carboxylic acids is 1. The Kier molecular flexibility index (Phi) is 3.77. The van der Waals surface area contributed by atoms with Gasteiger partial charge in [0.1, 0.15) is 17.1 Å². The van der Waals surface area contributed by atoms with E-state index in [2.05, 4.69) is 6.07 Å². The van der Waals surface area contributed by atoms with Crippen LogP contribution in [0.1, 0.15) is 21.5 Å². The van der Waals surface area contributed by atoms with Crippen LogP contribution in [-0.2, 0) is 12.8 Å². The number of aromatic carboxylic acids is 1. The molecular formula is C17H16O4. The fourth-order valence-electron chi connectivity index (χ4n) is 2.51. The first-order chi connectivity index (χ1) is 10.3. The van der Waals surface area contributed by atoms with E-state index in [4.69, 9.17) is 14.6 Å². The van der Waals surface area contributed by atoms with E-state index in [1.54, 1.807) is 12.1 Å². The van der Waals surface area contributed by atoms with E-state index in [-0.39, 0.29) is 5.56 Å². The Morgan fingerprint density at radius 2 is 1.62 bits per heavy atom. The topological polar surface area (TPSA) is 55.8 Å². The monoisotopic (exact) mass is 284 g/mol. The Bertz CT molecular complexity index is 641. The van der Waals surface area contributed by atoms with Crippen molar-refractivity contribution >= 4 is 5.97 Å². The minimum Gasteiger partial charge on any atom is -0.493 e. The van der Waals surface area contributed by atoms with E-state index in [0.717, 1.165) is 30.8 Å². The molecule has 0 bridgehead atoms. The van der Waals surface area contributed by atoms with Gasteiger partial charge in [-0.2, -0.15) is 0 Å². The van der Waals surface area contributed by atoms with E-state index >= 15 is 0 Å². The van der Waals surface area contributed by atoms with Crippen molar-refractivity contribution in [2.75, 3.05) is 13.2 Å². The molecule has 2 aromatic rings.